The van der Waals surface area contributed by atoms with E-state index in [2.05, 4.69) is 15.0 Å². The van der Waals surface area contributed by atoms with E-state index in [1.54, 1.807) is 6.07 Å². The van der Waals surface area contributed by atoms with E-state index in [-0.39, 0.29) is 16.1 Å². The molecule has 0 unspecified atom stereocenters. The first kappa shape index (κ1) is 15.1. The minimum Gasteiger partial charge on any atom is -0.321 e. The fraction of sp³-hybridized carbons (Fsp3) is 0.0769. The number of nitrogens with zero attached hydrogens (tertiary/aromatic N) is 1. The highest BCUT2D eigenvalue weighted by Gasteiger charge is 2.19. The molecule has 1 amide bonds. The van der Waals surface area contributed by atoms with Crippen molar-refractivity contribution in [1.82, 2.24) is 9.71 Å². The van der Waals surface area contributed by atoms with Gasteiger partial charge in [-0.05, 0) is 25.2 Å². The molecule has 0 aliphatic carbocycles. The minimum atomic E-state index is -3.74. The molecular weight excluding hydrogens is 297 g/mol. The lowest BCUT2D eigenvalue weighted by Gasteiger charge is -2.11. The molecule has 2 aromatic rings. The Morgan fingerprint density at radius 2 is 1.95 bits per heavy atom. The van der Waals surface area contributed by atoms with Crippen LogP contribution >= 0.6 is 0 Å². The molecule has 0 aliphatic heterocycles. The molecule has 0 saturated heterocycles. The lowest BCUT2D eigenvalue weighted by Crippen LogP contribution is -2.22. The van der Waals surface area contributed by atoms with E-state index >= 15 is 0 Å². The Kier molecular flexibility index (Phi) is 4.29. The molecule has 0 fully saturated rings. The van der Waals surface area contributed by atoms with Crippen molar-refractivity contribution in [1.29, 1.82) is 0 Å². The molecule has 110 valence electrons. The third-order valence-electron chi connectivity index (χ3n) is 2.71. The predicted molar refractivity (Wildman–Crippen MR) is 74.8 cm³/mol. The Bertz CT molecular complexity index is 778. The highest BCUT2D eigenvalue weighted by molar-refractivity contribution is 7.89. The minimum absolute atomic E-state index is 0.0630. The monoisotopic (exact) mass is 309 g/mol. The summed E-state index contributed by atoms with van der Waals surface area (Å²) in [6.07, 6.45) is 2.18. The Hall–Kier alpha value is -2.32. The van der Waals surface area contributed by atoms with E-state index in [4.69, 9.17) is 0 Å². The van der Waals surface area contributed by atoms with Crippen LogP contribution in [0.3, 0.4) is 0 Å². The Morgan fingerprint density at radius 3 is 2.62 bits per heavy atom. The molecule has 1 aromatic carbocycles. The Morgan fingerprint density at radius 1 is 1.24 bits per heavy atom. The number of anilines is 1. The molecule has 21 heavy (non-hydrogen) atoms. The van der Waals surface area contributed by atoms with Gasteiger partial charge in [-0.3, -0.25) is 9.78 Å². The van der Waals surface area contributed by atoms with Gasteiger partial charge in [0.15, 0.2) is 5.82 Å². The zero-order valence-corrected chi connectivity index (χ0v) is 11.8. The molecule has 1 heterocycles. The van der Waals surface area contributed by atoms with Gasteiger partial charge < -0.3 is 5.32 Å². The van der Waals surface area contributed by atoms with Gasteiger partial charge >= 0.3 is 0 Å². The molecule has 1 aromatic heterocycles. The summed E-state index contributed by atoms with van der Waals surface area (Å²) in [4.78, 5) is 15.5. The topological polar surface area (TPSA) is 88.2 Å². The fourth-order valence-corrected chi connectivity index (χ4v) is 2.55. The second-order valence-electron chi connectivity index (χ2n) is 4.01. The van der Waals surface area contributed by atoms with Crippen LogP contribution in [-0.2, 0) is 10.0 Å². The molecule has 2 rings (SSSR count). The maximum absolute atomic E-state index is 13.5. The number of amides is 1. The zero-order chi connectivity index (χ0) is 15.5. The third kappa shape index (κ3) is 3.23. The lowest BCUT2D eigenvalue weighted by molar-refractivity contribution is 0.102. The lowest BCUT2D eigenvalue weighted by atomic mass is 10.2. The summed E-state index contributed by atoms with van der Waals surface area (Å²) in [5.74, 6) is -1.54. The summed E-state index contributed by atoms with van der Waals surface area (Å²) in [6, 6.07) is 7.05. The van der Waals surface area contributed by atoms with Gasteiger partial charge in [0.1, 0.15) is 4.90 Å². The van der Waals surface area contributed by atoms with E-state index in [1.807, 2.05) is 0 Å². The van der Waals surface area contributed by atoms with E-state index in [1.165, 1.54) is 37.5 Å². The normalized spacial score (nSPS) is 11.1. The summed E-state index contributed by atoms with van der Waals surface area (Å²) in [5.41, 5.74) is -0.158. The number of hydrogen-bond donors (Lipinski definition) is 2. The van der Waals surface area contributed by atoms with Crippen molar-refractivity contribution in [2.45, 2.75) is 4.90 Å². The van der Waals surface area contributed by atoms with Gasteiger partial charge in [-0.25, -0.2) is 17.5 Å². The van der Waals surface area contributed by atoms with Gasteiger partial charge in [0.05, 0.1) is 17.4 Å². The SMILES string of the molecule is CNS(=O)(=O)c1ccccc1NC(=O)c1ccncc1F. The number of nitrogens with one attached hydrogen (secondary N) is 2. The number of hydrogen-bond acceptors (Lipinski definition) is 4. The van der Waals surface area contributed by atoms with Gasteiger partial charge in [0.25, 0.3) is 5.91 Å². The van der Waals surface area contributed by atoms with Gasteiger partial charge in [0, 0.05) is 6.20 Å². The molecule has 0 aliphatic rings. The first-order valence-electron chi connectivity index (χ1n) is 5.89. The molecule has 6 nitrogen and oxygen atoms in total. The second kappa shape index (κ2) is 5.98. The van der Waals surface area contributed by atoms with Crippen molar-refractivity contribution < 1.29 is 17.6 Å². The standard InChI is InChI=1S/C13H12FN3O3S/c1-15-21(19,20)12-5-3-2-4-11(12)17-13(18)9-6-7-16-8-10(9)14/h2-8,15H,1H3,(H,17,18). The summed E-state index contributed by atoms with van der Waals surface area (Å²) >= 11 is 0. The third-order valence-corrected chi connectivity index (χ3v) is 4.18. The van der Waals surface area contributed by atoms with E-state index in [0.29, 0.717) is 0 Å². The smallest absolute Gasteiger partial charge is 0.258 e. The summed E-state index contributed by atoms with van der Waals surface area (Å²) in [6.45, 7) is 0. The number of aromatic nitrogens is 1. The van der Waals surface area contributed by atoms with E-state index < -0.39 is 21.7 Å². The number of halogens is 1. The molecule has 2 N–H and O–H groups in total. The number of benzene rings is 1. The first-order valence-corrected chi connectivity index (χ1v) is 7.37. The molecule has 0 saturated carbocycles. The van der Waals surface area contributed by atoms with Crippen molar-refractivity contribution in [3.8, 4) is 0 Å². The number of sulfonamides is 1. The Balaban J connectivity index is 2.38. The molecule has 8 heteroatoms. The summed E-state index contributed by atoms with van der Waals surface area (Å²) in [7, 11) is -2.48. The number of para-hydroxylation sites is 1. The average Bonchev–Trinajstić information content (AvgIpc) is 2.48. The van der Waals surface area contributed by atoms with Gasteiger partial charge in [-0.15, -0.1) is 0 Å². The van der Waals surface area contributed by atoms with Crippen molar-refractivity contribution in [2.24, 2.45) is 0 Å². The fourth-order valence-electron chi connectivity index (χ4n) is 1.66. The largest absolute Gasteiger partial charge is 0.321 e. The van der Waals surface area contributed by atoms with Crippen LogP contribution in [0.2, 0.25) is 0 Å². The zero-order valence-electron chi connectivity index (χ0n) is 11.0. The van der Waals surface area contributed by atoms with Crippen LogP contribution in [0, 0.1) is 5.82 Å². The molecule has 0 radical (unpaired) electrons. The van der Waals surface area contributed by atoms with Crippen LogP contribution in [-0.4, -0.2) is 26.4 Å². The number of carbonyl (C=O) groups excluding carboxylic acids is 1. The van der Waals surface area contributed by atoms with Crippen LogP contribution in [0.25, 0.3) is 0 Å². The van der Waals surface area contributed by atoms with Crippen molar-refractivity contribution in [2.75, 3.05) is 12.4 Å². The predicted octanol–water partition coefficient (Wildman–Crippen LogP) is 1.38. The van der Waals surface area contributed by atoms with Gasteiger partial charge in [-0.2, -0.15) is 0 Å². The van der Waals surface area contributed by atoms with Crippen molar-refractivity contribution in [3.63, 3.8) is 0 Å². The average molecular weight is 309 g/mol. The molecular formula is C13H12FN3O3S. The van der Waals surface area contributed by atoms with E-state index in [9.17, 15) is 17.6 Å². The van der Waals surface area contributed by atoms with Crippen LogP contribution in [0.1, 0.15) is 10.4 Å². The maximum atomic E-state index is 13.5. The van der Waals surface area contributed by atoms with E-state index in [0.717, 1.165) is 6.20 Å². The Labute approximate surface area is 121 Å². The van der Waals surface area contributed by atoms with Crippen molar-refractivity contribution in [3.05, 3.63) is 54.1 Å². The maximum Gasteiger partial charge on any atom is 0.258 e. The second-order valence-corrected chi connectivity index (χ2v) is 5.87. The van der Waals surface area contributed by atoms with Crippen molar-refractivity contribution >= 4 is 21.6 Å². The van der Waals surface area contributed by atoms with Gasteiger partial charge in [-0.1, -0.05) is 12.1 Å². The summed E-state index contributed by atoms with van der Waals surface area (Å²) in [5, 5.41) is 2.38. The van der Waals surface area contributed by atoms with Crippen LogP contribution in [0.5, 0.6) is 0 Å². The first-order chi connectivity index (χ1) is 9.95. The van der Waals surface area contributed by atoms with Crippen LogP contribution in [0.4, 0.5) is 10.1 Å². The number of rotatable bonds is 4. The van der Waals surface area contributed by atoms with Crippen LogP contribution < -0.4 is 10.0 Å². The molecule has 0 bridgehead atoms. The molecule has 0 atom stereocenters. The quantitative estimate of drug-likeness (QED) is 0.893. The number of carbonyl (C=O) groups is 1. The highest BCUT2D eigenvalue weighted by atomic mass is 32.2. The van der Waals surface area contributed by atoms with Gasteiger partial charge in [0.2, 0.25) is 10.0 Å². The van der Waals surface area contributed by atoms with Crippen LogP contribution in [0.15, 0.2) is 47.6 Å². The number of pyridine rings is 1. The summed E-state index contributed by atoms with van der Waals surface area (Å²) < 4.78 is 39.4. The highest BCUT2D eigenvalue weighted by Crippen LogP contribution is 2.21. The molecule has 0 spiro atoms.